The van der Waals surface area contributed by atoms with E-state index in [1.165, 1.54) is 24.2 Å². The number of hydrogen-bond acceptors (Lipinski definition) is 4. The molecule has 2 aromatic rings. The zero-order chi connectivity index (χ0) is 18.8. The van der Waals surface area contributed by atoms with Crippen LogP contribution in [0.25, 0.3) is 0 Å². The third-order valence-electron chi connectivity index (χ3n) is 4.93. The lowest BCUT2D eigenvalue weighted by atomic mass is 9.99. The number of anilines is 2. The van der Waals surface area contributed by atoms with Gasteiger partial charge in [0.1, 0.15) is 0 Å². The number of thiazole rings is 1. The molecule has 0 aliphatic carbocycles. The van der Waals surface area contributed by atoms with Gasteiger partial charge in [0, 0.05) is 18.8 Å². The van der Waals surface area contributed by atoms with Crippen LogP contribution in [0.15, 0.2) is 17.5 Å². The van der Waals surface area contributed by atoms with E-state index in [2.05, 4.69) is 17.2 Å². The number of carbonyl (C=O) groups excluding carboxylic acids is 1. The van der Waals surface area contributed by atoms with Crippen LogP contribution in [0.2, 0.25) is 5.02 Å². The number of aromatic nitrogens is 1. The van der Waals surface area contributed by atoms with Crippen molar-refractivity contribution in [1.82, 2.24) is 9.88 Å². The molecular formula is C20H26ClN3OS. The molecule has 1 aliphatic heterocycles. The molecule has 0 atom stereocenters. The molecule has 0 saturated carbocycles. The van der Waals surface area contributed by atoms with Gasteiger partial charge in [0.15, 0.2) is 5.13 Å². The number of aryl methyl sites for hydroxylation is 2. The van der Waals surface area contributed by atoms with Gasteiger partial charge in [-0.25, -0.2) is 4.98 Å². The molecule has 0 unspecified atom stereocenters. The number of piperidine rings is 1. The maximum Gasteiger partial charge on any atom is 0.230 e. The molecule has 2 heterocycles. The van der Waals surface area contributed by atoms with Crippen LogP contribution in [0.1, 0.15) is 43.5 Å². The zero-order valence-electron chi connectivity index (χ0n) is 15.9. The molecule has 1 aromatic carbocycles. The van der Waals surface area contributed by atoms with Crippen molar-refractivity contribution in [2.75, 3.05) is 18.0 Å². The first-order chi connectivity index (χ1) is 12.3. The van der Waals surface area contributed by atoms with Crippen LogP contribution in [0.3, 0.4) is 0 Å². The first kappa shape index (κ1) is 19.3. The molecule has 140 valence electrons. The summed E-state index contributed by atoms with van der Waals surface area (Å²) < 4.78 is 0. The van der Waals surface area contributed by atoms with Crippen LogP contribution in [-0.2, 0) is 11.3 Å². The highest BCUT2D eigenvalue weighted by Gasteiger charge is 2.23. The average molecular weight is 392 g/mol. The van der Waals surface area contributed by atoms with Gasteiger partial charge in [0.2, 0.25) is 5.91 Å². The highest BCUT2D eigenvalue weighted by Crippen LogP contribution is 2.37. The summed E-state index contributed by atoms with van der Waals surface area (Å²) in [5.74, 6) is 0.739. The summed E-state index contributed by atoms with van der Waals surface area (Å²) in [5, 5.41) is 3.33. The number of nitrogens with zero attached hydrogens (tertiary/aromatic N) is 3. The lowest BCUT2D eigenvalue weighted by Gasteiger charge is -2.29. The van der Waals surface area contributed by atoms with Crippen molar-refractivity contribution in [3.05, 3.63) is 39.4 Å². The SMILES string of the molecule is CC(=O)N(c1nc(CN2CCC(C)CC2)cs1)c1c(C)cc(C)cc1Cl. The average Bonchev–Trinajstić information content (AvgIpc) is 3.00. The molecule has 1 aliphatic rings. The Morgan fingerprint density at radius 2 is 2.04 bits per heavy atom. The van der Waals surface area contributed by atoms with E-state index in [1.54, 1.807) is 11.8 Å². The van der Waals surface area contributed by atoms with Crippen molar-refractivity contribution < 1.29 is 4.79 Å². The normalized spacial score (nSPS) is 16.0. The van der Waals surface area contributed by atoms with Gasteiger partial charge in [-0.05, 0) is 62.9 Å². The molecule has 6 heteroatoms. The Kier molecular flexibility index (Phi) is 6.00. The fourth-order valence-electron chi connectivity index (χ4n) is 3.50. The van der Waals surface area contributed by atoms with E-state index >= 15 is 0 Å². The van der Waals surface area contributed by atoms with Gasteiger partial charge in [-0.3, -0.25) is 14.6 Å². The summed E-state index contributed by atoms with van der Waals surface area (Å²) in [4.78, 5) is 21.2. The topological polar surface area (TPSA) is 36.4 Å². The van der Waals surface area contributed by atoms with Gasteiger partial charge in [-0.2, -0.15) is 0 Å². The number of benzene rings is 1. The molecule has 3 rings (SSSR count). The van der Waals surface area contributed by atoms with Gasteiger partial charge >= 0.3 is 0 Å². The maximum atomic E-state index is 12.4. The summed E-state index contributed by atoms with van der Waals surface area (Å²) in [6, 6.07) is 3.93. The Labute approximate surface area is 164 Å². The monoisotopic (exact) mass is 391 g/mol. The van der Waals surface area contributed by atoms with Gasteiger partial charge in [-0.15, -0.1) is 11.3 Å². The minimum atomic E-state index is -0.0773. The zero-order valence-corrected chi connectivity index (χ0v) is 17.5. The van der Waals surface area contributed by atoms with E-state index in [-0.39, 0.29) is 5.91 Å². The number of amides is 1. The van der Waals surface area contributed by atoms with Crippen LogP contribution in [0.4, 0.5) is 10.8 Å². The predicted molar refractivity (Wildman–Crippen MR) is 110 cm³/mol. The Hall–Kier alpha value is -1.43. The van der Waals surface area contributed by atoms with Gasteiger partial charge in [-0.1, -0.05) is 24.6 Å². The number of likely N-dealkylation sites (tertiary alicyclic amines) is 1. The predicted octanol–water partition coefficient (Wildman–Crippen LogP) is 5.33. The molecule has 0 N–H and O–H groups in total. The molecule has 1 saturated heterocycles. The van der Waals surface area contributed by atoms with Gasteiger partial charge < -0.3 is 0 Å². The van der Waals surface area contributed by atoms with E-state index in [1.807, 2.05) is 26.0 Å². The first-order valence-electron chi connectivity index (χ1n) is 9.09. The molecule has 26 heavy (non-hydrogen) atoms. The molecule has 4 nitrogen and oxygen atoms in total. The molecule has 1 fully saturated rings. The summed E-state index contributed by atoms with van der Waals surface area (Å²) in [6.45, 7) is 10.9. The van der Waals surface area contributed by atoms with Crippen LogP contribution in [0, 0.1) is 19.8 Å². The highest BCUT2D eigenvalue weighted by molar-refractivity contribution is 7.14. The van der Waals surface area contributed by atoms with E-state index in [0.717, 1.165) is 48.1 Å². The van der Waals surface area contributed by atoms with Crippen molar-refractivity contribution in [2.24, 2.45) is 5.92 Å². The van der Waals surface area contributed by atoms with Crippen molar-refractivity contribution >= 4 is 39.7 Å². The minimum Gasteiger partial charge on any atom is -0.297 e. The van der Waals surface area contributed by atoms with Crippen molar-refractivity contribution in [3.63, 3.8) is 0 Å². The number of halogens is 1. The molecular weight excluding hydrogens is 366 g/mol. The maximum absolute atomic E-state index is 12.4. The summed E-state index contributed by atoms with van der Waals surface area (Å²) >= 11 is 7.97. The van der Waals surface area contributed by atoms with Crippen molar-refractivity contribution in [2.45, 2.75) is 47.1 Å². The Morgan fingerprint density at radius 3 is 2.65 bits per heavy atom. The van der Waals surface area contributed by atoms with E-state index in [0.29, 0.717) is 10.2 Å². The van der Waals surface area contributed by atoms with Gasteiger partial charge in [0.05, 0.1) is 16.4 Å². The van der Waals surface area contributed by atoms with Crippen LogP contribution < -0.4 is 4.90 Å². The van der Waals surface area contributed by atoms with Gasteiger partial charge in [0.25, 0.3) is 0 Å². The quantitative estimate of drug-likeness (QED) is 0.706. The molecule has 1 aromatic heterocycles. The minimum absolute atomic E-state index is 0.0773. The largest absolute Gasteiger partial charge is 0.297 e. The van der Waals surface area contributed by atoms with Crippen LogP contribution >= 0.6 is 22.9 Å². The second-order valence-corrected chi connectivity index (χ2v) is 8.59. The van der Waals surface area contributed by atoms with E-state index in [9.17, 15) is 4.79 Å². The lowest BCUT2D eigenvalue weighted by Crippen LogP contribution is -2.32. The van der Waals surface area contributed by atoms with Crippen molar-refractivity contribution in [1.29, 1.82) is 0 Å². The molecule has 0 radical (unpaired) electrons. The summed E-state index contributed by atoms with van der Waals surface area (Å²) in [7, 11) is 0. The van der Waals surface area contributed by atoms with E-state index in [4.69, 9.17) is 16.6 Å². The Balaban J connectivity index is 1.84. The summed E-state index contributed by atoms with van der Waals surface area (Å²) in [5.41, 5.74) is 3.81. The number of hydrogen-bond donors (Lipinski definition) is 0. The third kappa shape index (κ3) is 4.27. The molecule has 1 amide bonds. The van der Waals surface area contributed by atoms with Crippen LogP contribution in [0.5, 0.6) is 0 Å². The first-order valence-corrected chi connectivity index (χ1v) is 10.3. The standard InChI is InChI=1S/C20H26ClN3OS/c1-13-5-7-23(8-6-13)11-17-12-26-20(22-17)24(16(4)25)19-15(3)9-14(2)10-18(19)21/h9-10,12-13H,5-8,11H2,1-4H3. The smallest absolute Gasteiger partial charge is 0.230 e. The Morgan fingerprint density at radius 1 is 1.35 bits per heavy atom. The molecule has 0 spiro atoms. The summed E-state index contributed by atoms with van der Waals surface area (Å²) in [6.07, 6.45) is 2.49. The molecule has 0 bridgehead atoms. The second-order valence-electron chi connectivity index (χ2n) is 7.35. The number of carbonyl (C=O) groups is 1. The second kappa shape index (κ2) is 8.07. The van der Waals surface area contributed by atoms with Crippen LogP contribution in [-0.4, -0.2) is 28.9 Å². The Bertz CT molecular complexity index is 773. The van der Waals surface area contributed by atoms with Crippen molar-refractivity contribution in [3.8, 4) is 0 Å². The fourth-order valence-corrected chi connectivity index (χ4v) is 4.77. The fraction of sp³-hybridized carbons (Fsp3) is 0.500. The lowest BCUT2D eigenvalue weighted by molar-refractivity contribution is -0.115. The number of rotatable bonds is 4. The highest BCUT2D eigenvalue weighted by atomic mass is 35.5. The van der Waals surface area contributed by atoms with E-state index < -0.39 is 0 Å². The third-order valence-corrected chi connectivity index (χ3v) is 6.09.